The normalized spacial score (nSPS) is 9.23. The van der Waals surface area contributed by atoms with E-state index in [0.29, 0.717) is 0 Å². The number of hydrogen-bond donors (Lipinski definition) is 1. The molecule has 1 aromatic rings. The molecule has 1 rings (SSSR count). The third kappa shape index (κ3) is 1.86. The van der Waals surface area contributed by atoms with Gasteiger partial charge < -0.3 is 5.73 Å². The summed E-state index contributed by atoms with van der Waals surface area (Å²) in [6.07, 6.45) is 2.53. The third-order valence-electron chi connectivity index (χ3n) is 1.11. The fraction of sp³-hybridized carbons (Fsp3) is 0. The Morgan fingerprint density at radius 2 is 2.08 bits per heavy atom. The van der Waals surface area contributed by atoms with Gasteiger partial charge in [-0.05, 0) is 6.07 Å². The zero-order valence-electron chi connectivity index (χ0n) is 6.32. The fourth-order valence-corrected chi connectivity index (χ4v) is 0.653. The summed E-state index contributed by atoms with van der Waals surface area (Å²) in [7, 11) is 0. The Bertz CT molecular complexity index is 312. The van der Waals surface area contributed by atoms with Gasteiger partial charge in [-0.2, -0.15) is 0 Å². The second-order valence-corrected chi connectivity index (χ2v) is 1.94. The number of carbonyl (C=O) groups is 1. The Labute approximate surface area is 72.1 Å². The predicted octanol–water partition coefficient (Wildman–Crippen LogP) is -0.447. The van der Waals surface area contributed by atoms with E-state index >= 15 is 0 Å². The van der Waals surface area contributed by atoms with Gasteiger partial charge >= 0.3 is 6.03 Å². The molecule has 0 fully saturated rings. The van der Waals surface area contributed by atoms with Crippen molar-refractivity contribution in [3.8, 4) is 0 Å². The van der Waals surface area contributed by atoms with Gasteiger partial charge in [0.2, 0.25) is 0 Å². The number of amides is 2. The van der Waals surface area contributed by atoms with Crippen molar-refractivity contribution in [2.24, 2.45) is 5.73 Å². The van der Waals surface area contributed by atoms with E-state index in [0.717, 1.165) is 0 Å². The number of primary amides is 1. The highest BCUT2D eigenvalue weighted by molar-refractivity contribution is 5.85. The molecule has 8 nitrogen and oxygen atoms in total. The van der Waals surface area contributed by atoms with Crippen molar-refractivity contribution >= 4 is 12.0 Å². The van der Waals surface area contributed by atoms with E-state index in [1.165, 1.54) is 18.5 Å². The number of aromatic nitrogens is 2. The lowest BCUT2D eigenvalue weighted by atomic mass is 10.7. The quantitative estimate of drug-likeness (QED) is 0.492. The minimum absolute atomic E-state index is 0.0556. The van der Waals surface area contributed by atoms with Crippen LogP contribution in [-0.2, 0) is 0 Å². The molecule has 0 aliphatic heterocycles. The van der Waals surface area contributed by atoms with Crippen LogP contribution in [0.1, 0.15) is 0 Å². The maximum Gasteiger partial charge on any atom is 0.382 e. The number of carbonyl (C=O) groups excluding carboxylic acids is 1. The Morgan fingerprint density at radius 1 is 1.54 bits per heavy atom. The minimum Gasteiger partial charge on any atom is -0.347 e. The number of anilines is 1. The van der Waals surface area contributed by atoms with Gasteiger partial charge in [0.25, 0.3) is 5.95 Å². The van der Waals surface area contributed by atoms with Crippen molar-refractivity contribution in [2.45, 2.75) is 0 Å². The maximum absolute atomic E-state index is 10.6. The molecule has 0 atom stereocenters. The molecule has 0 radical (unpaired) electrons. The molecule has 8 heteroatoms. The molecule has 0 spiro atoms. The molecule has 0 unspecified atom stereocenters. The van der Waals surface area contributed by atoms with Crippen LogP contribution in [-0.4, -0.2) is 21.0 Å². The van der Waals surface area contributed by atoms with Crippen molar-refractivity contribution in [3.63, 3.8) is 0 Å². The molecular weight excluding hydrogens is 178 g/mol. The SMILES string of the molecule is NC(=O)N(c1ncccn1)[N+](=O)[O-]. The minimum atomic E-state index is -1.24. The molecule has 2 N–H and O–H groups in total. The molecule has 0 aromatic carbocycles. The molecule has 0 saturated heterocycles. The van der Waals surface area contributed by atoms with Gasteiger partial charge in [0.1, 0.15) is 0 Å². The van der Waals surface area contributed by atoms with Crippen LogP contribution in [0.3, 0.4) is 0 Å². The number of nitrogens with two attached hydrogens (primary N) is 1. The highest BCUT2D eigenvalue weighted by Gasteiger charge is 2.26. The van der Waals surface area contributed by atoms with Crippen LogP contribution in [0.25, 0.3) is 0 Å². The Kier molecular flexibility index (Phi) is 2.33. The molecule has 0 saturated carbocycles. The van der Waals surface area contributed by atoms with E-state index in [-0.39, 0.29) is 11.0 Å². The predicted molar refractivity (Wildman–Crippen MR) is 41.1 cm³/mol. The lowest BCUT2D eigenvalue weighted by Crippen LogP contribution is -2.41. The highest BCUT2D eigenvalue weighted by Crippen LogP contribution is 2.03. The molecule has 0 aliphatic carbocycles. The maximum atomic E-state index is 10.6. The van der Waals surface area contributed by atoms with Gasteiger partial charge in [-0.25, -0.2) is 24.9 Å². The van der Waals surface area contributed by atoms with E-state index < -0.39 is 11.1 Å². The summed E-state index contributed by atoms with van der Waals surface area (Å²) in [6.45, 7) is 0. The number of nitro groups is 1. The van der Waals surface area contributed by atoms with E-state index in [1.807, 2.05) is 0 Å². The monoisotopic (exact) mass is 183 g/mol. The molecule has 2 amide bonds. The van der Waals surface area contributed by atoms with Crippen molar-refractivity contribution in [1.29, 1.82) is 0 Å². The molecule has 1 aromatic heterocycles. The first kappa shape index (κ1) is 8.84. The van der Waals surface area contributed by atoms with Gasteiger partial charge in [-0.15, -0.1) is 0 Å². The Hall–Kier alpha value is -2.25. The number of hydrogen-bond acceptors (Lipinski definition) is 5. The lowest BCUT2D eigenvalue weighted by molar-refractivity contribution is -0.482. The summed E-state index contributed by atoms with van der Waals surface area (Å²) >= 11 is 0. The van der Waals surface area contributed by atoms with Gasteiger partial charge in [0.15, 0.2) is 5.03 Å². The second-order valence-electron chi connectivity index (χ2n) is 1.94. The molecule has 0 bridgehead atoms. The summed E-state index contributed by atoms with van der Waals surface area (Å²) in [5.74, 6) is -0.361. The Balaban J connectivity index is 3.03. The summed E-state index contributed by atoms with van der Waals surface area (Å²) in [6, 6.07) is 0.221. The lowest BCUT2D eigenvalue weighted by Gasteiger charge is -2.05. The van der Waals surface area contributed by atoms with Crippen molar-refractivity contribution in [3.05, 3.63) is 28.6 Å². The molecule has 68 valence electrons. The average molecular weight is 183 g/mol. The van der Waals surface area contributed by atoms with Crippen molar-refractivity contribution < 1.29 is 9.83 Å². The first-order valence-corrected chi connectivity index (χ1v) is 3.14. The highest BCUT2D eigenvalue weighted by atomic mass is 16.7. The number of rotatable bonds is 2. The largest absolute Gasteiger partial charge is 0.382 e. The number of hydrazine groups is 1. The van der Waals surface area contributed by atoms with Crippen molar-refractivity contribution in [1.82, 2.24) is 9.97 Å². The van der Waals surface area contributed by atoms with E-state index in [4.69, 9.17) is 5.73 Å². The van der Waals surface area contributed by atoms with Crippen LogP contribution >= 0.6 is 0 Å². The molecule has 13 heavy (non-hydrogen) atoms. The smallest absolute Gasteiger partial charge is 0.347 e. The summed E-state index contributed by atoms with van der Waals surface area (Å²) < 4.78 is 0. The van der Waals surface area contributed by atoms with Crippen LogP contribution in [0.15, 0.2) is 18.5 Å². The fourth-order valence-electron chi connectivity index (χ4n) is 0.653. The second kappa shape index (κ2) is 3.43. The topological polar surface area (TPSA) is 115 Å². The first-order chi connectivity index (χ1) is 6.13. The van der Waals surface area contributed by atoms with Gasteiger partial charge in [0.05, 0.1) is 0 Å². The van der Waals surface area contributed by atoms with Crippen LogP contribution in [0.5, 0.6) is 0 Å². The van der Waals surface area contributed by atoms with Crippen LogP contribution in [0.4, 0.5) is 10.7 Å². The van der Waals surface area contributed by atoms with Gasteiger partial charge in [0, 0.05) is 17.4 Å². The summed E-state index contributed by atoms with van der Waals surface area (Å²) in [5.41, 5.74) is 4.73. The summed E-state index contributed by atoms with van der Waals surface area (Å²) in [4.78, 5) is 27.8. The van der Waals surface area contributed by atoms with Crippen LogP contribution in [0, 0.1) is 10.1 Å². The Morgan fingerprint density at radius 3 is 2.46 bits per heavy atom. The average Bonchev–Trinajstić information content (AvgIpc) is 2.04. The third-order valence-corrected chi connectivity index (χ3v) is 1.11. The standard InChI is InChI=1S/C5H5N5O3/c6-4(11)9(10(12)13)5-7-2-1-3-8-5/h1-3H,(H2,6,11). The van der Waals surface area contributed by atoms with E-state index in [9.17, 15) is 14.9 Å². The van der Waals surface area contributed by atoms with Crippen LogP contribution < -0.4 is 10.7 Å². The zero-order valence-corrected chi connectivity index (χ0v) is 6.32. The molecule has 0 aliphatic rings. The van der Waals surface area contributed by atoms with Crippen molar-refractivity contribution in [2.75, 3.05) is 5.01 Å². The first-order valence-electron chi connectivity index (χ1n) is 3.14. The van der Waals surface area contributed by atoms with Gasteiger partial charge in [-0.1, -0.05) is 0 Å². The zero-order chi connectivity index (χ0) is 9.84. The van der Waals surface area contributed by atoms with E-state index in [1.54, 1.807) is 0 Å². The molecule has 1 heterocycles. The summed E-state index contributed by atoms with van der Waals surface area (Å²) in [5, 5.41) is 9.36. The van der Waals surface area contributed by atoms with E-state index in [2.05, 4.69) is 9.97 Å². The van der Waals surface area contributed by atoms with Crippen LogP contribution in [0.2, 0.25) is 0 Å². The number of urea groups is 1. The molecular formula is C5H5N5O3. The number of nitrogens with zero attached hydrogens (tertiary/aromatic N) is 4. The van der Waals surface area contributed by atoms with Gasteiger partial charge in [-0.3, -0.25) is 0 Å².